The normalized spacial score (nSPS) is 18.0. The van der Waals surface area contributed by atoms with Crippen molar-refractivity contribution in [1.29, 1.82) is 0 Å². The van der Waals surface area contributed by atoms with Crippen LogP contribution in [0, 0.1) is 11.8 Å². The molecule has 36 heavy (non-hydrogen) atoms. The molecule has 1 aromatic carbocycles. The molecule has 1 aliphatic rings. The number of rotatable bonds is 6. The number of carbonyl (C=O) groups is 2. The Morgan fingerprint density at radius 1 is 1.06 bits per heavy atom. The van der Waals surface area contributed by atoms with Crippen LogP contribution in [0.4, 0.5) is 5.88 Å². The van der Waals surface area contributed by atoms with Gasteiger partial charge in [0.25, 0.3) is 0 Å². The first-order chi connectivity index (χ1) is 17.3. The lowest BCUT2D eigenvalue weighted by molar-refractivity contribution is -0.124. The summed E-state index contributed by atoms with van der Waals surface area (Å²) in [5.74, 6) is -0.127. The van der Waals surface area contributed by atoms with Gasteiger partial charge in [-0.3, -0.25) is 9.69 Å². The van der Waals surface area contributed by atoms with E-state index in [4.69, 9.17) is 4.42 Å². The van der Waals surface area contributed by atoms with Crippen LogP contribution in [0.2, 0.25) is 0 Å². The number of hydrogen-bond acceptors (Lipinski definition) is 4. The number of carbonyl (C=O) groups excluding carboxylic acids is 1. The molecule has 1 aliphatic carbocycles. The Kier molecular flexibility index (Phi) is 6.39. The van der Waals surface area contributed by atoms with Crippen LogP contribution in [0.5, 0.6) is 0 Å². The van der Waals surface area contributed by atoms with Gasteiger partial charge in [0.05, 0.1) is 5.69 Å². The highest BCUT2D eigenvalue weighted by Crippen LogP contribution is 2.37. The fraction of sp³-hybridized carbons (Fsp3) is 0.345. The molecule has 0 radical (unpaired) electrons. The summed E-state index contributed by atoms with van der Waals surface area (Å²) in [7, 11) is 0. The standard InChI is InChI=1S/C29H31N3O4/c1-18(2)32(27(33)22-9-7-19(3)8-10-22)28-23(29(34)35)16-25(36-28)21-13-11-20(12-14-21)24-17-31-15-5-4-6-26(31)30-24/h4-6,11-19,22H,7-10H2,1-3H3,(H,34,35). The highest BCUT2D eigenvalue weighted by molar-refractivity contribution is 6.02. The second-order valence-electron chi connectivity index (χ2n) is 10.1. The number of nitrogens with zero attached hydrogens (tertiary/aromatic N) is 3. The van der Waals surface area contributed by atoms with E-state index in [1.54, 1.807) is 4.90 Å². The molecule has 1 amide bonds. The van der Waals surface area contributed by atoms with E-state index in [0.717, 1.165) is 48.2 Å². The first-order valence-corrected chi connectivity index (χ1v) is 12.6. The van der Waals surface area contributed by atoms with Gasteiger partial charge in [-0.25, -0.2) is 9.78 Å². The number of aromatic nitrogens is 2. The number of anilines is 1. The lowest BCUT2D eigenvalue weighted by Crippen LogP contribution is -2.42. The number of fused-ring (bicyclic) bond motifs is 1. The number of carboxylic acids is 1. The molecule has 5 rings (SSSR count). The van der Waals surface area contributed by atoms with Crippen LogP contribution in [0.25, 0.3) is 28.2 Å². The number of furan rings is 1. The molecule has 3 heterocycles. The summed E-state index contributed by atoms with van der Waals surface area (Å²) in [5, 5.41) is 9.94. The Hall–Kier alpha value is -3.87. The fourth-order valence-electron chi connectivity index (χ4n) is 5.03. The van der Waals surface area contributed by atoms with Gasteiger partial charge in [-0.2, -0.15) is 0 Å². The Bertz CT molecular complexity index is 1360. The molecule has 1 N–H and O–H groups in total. The zero-order valence-electron chi connectivity index (χ0n) is 20.8. The van der Waals surface area contributed by atoms with E-state index in [2.05, 4.69) is 11.9 Å². The number of carboxylic acid groups (broad SMARTS) is 1. The summed E-state index contributed by atoms with van der Waals surface area (Å²) < 4.78 is 8.08. The molecule has 0 aliphatic heterocycles. The minimum atomic E-state index is -1.11. The molecule has 0 bridgehead atoms. The van der Waals surface area contributed by atoms with Crippen molar-refractivity contribution >= 4 is 23.4 Å². The lowest BCUT2D eigenvalue weighted by atomic mass is 9.82. The SMILES string of the molecule is CC1CCC(C(=O)N(c2oc(-c3ccc(-c4cn5ccccc5n4)cc3)cc2C(=O)O)C(C)C)CC1. The number of amides is 1. The van der Waals surface area contributed by atoms with Crippen LogP contribution in [0.1, 0.15) is 56.8 Å². The van der Waals surface area contributed by atoms with Crippen molar-refractivity contribution in [2.24, 2.45) is 11.8 Å². The van der Waals surface area contributed by atoms with Gasteiger partial charge in [0.15, 0.2) is 0 Å². The zero-order chi connectivity index (χ0) is 25.4. The maximum atomic E-state index is 13.5. The topological polar surface area (TPSA) is 88.0 Å². The van der Waals surface area contributed by atoms with Crippen LogP contribution < -0.4 is 4.90 Å². The largest absolute Gasteiger partial charge is 0.477 e. The molecule has 0 unspecified atom stereocenters. The van der Waals surface area contributed by atoms with E-state index in [1.807, 2.05) is 73.1 Å². The van der Waals surface area contributed by atoms with E-state index in [0.29, 0.717) is 11.7 Å². The molecular weight excluding hydrogens is 454 g/mol. The molecule has 3 aromatic heterocycles. The van der Waals surface area contributed by atoms with E-state index >= 15 is 0 Å². The van der Waals surface area contributed by atoms with Crippen LogP contribution in [-0.4, -0.2) is 32.4 Å². The number of aromatic carboxylic acids is 1. The molecule has 0 spiro atoms. The van der Waals surface area contributed by atoms with Crippen LogP contribution in [-0.2, 0) is 4.79 Å². The van der Waals surface area contributed by atoms with Gasteiger partial charge in [-0.1, -0.05) is 37.3 Å². The van der Waals surface area contributed by atoms with E-state index in [-0.39, 0.29) is 29.3 Å². The number of benzene rings is 1. The van der Waals surface area contributed by atoms with Gasteiger partial charge in [0, 0.05) is 41.5 Å². The minimum Gasteiger partial charge on any atom is -0.477 e. The maximum Gasteiger partial charge on any atom is 0.341 e. The van der Waals surface area contributed by atoms with Crippen molar-refractivity contribution in [2.45, 2.75) is 52.5 Å². The van der Waals surface area contributed by atoms with Crippen LogP contribution in [0.3, 0.4) is 0 Å². The van der Waals surface area contributed by atoms with Crippen molar-refractivity contribution in [2.75, 3.05) is 4.90 Å². The predicted molar refractivity (Wildman–Crippen MR) is 139 cm³/mol. The van der Waals surface area contributed by atoms with E-state index in [1.165, 1.54) is 6.07 Å². The van der Waals surface area contributed by atoms with Crippen molar-refractivity contribution in [1.82, 2.24) is 9.38 Å². The van der Waals surface area contributed by atoms with Crippen molar-refractivity contribution in [3.05, 3.63) is 66.5 Å². The van der Waals surface area contributed by atoms with Gasteiger partial charge < -0.3 is 13.9 Å². The highest BCUT2D eigenvalue weighted by Gasteiger charge is 2.34. The third-order valence-corrected chi connectivity index (χ3v) is 7.11. The van der Waals surface area contributed by atoms with Gasteiger partial charge in [-0.05, 0) is 57.6 Å². The molecule has 1 fully saturated rings. The number of imidazole rings is 1. The smallest absolute Gasteiger partial charge is 0.341 e. The molecule has 4 aromatic rings. The lowest BCUT2D eigenvalue weighted by Gasteiger charge is -2.32. The third kappa shape index (κ3) is 4.53. The first-order valence-electron chi connectivity index (χ1n) is 12.6. The highest BCUT2D eigenvalue weighted by atomic mass is 16.4. The van der Waals surface area contributed by atoms with Crippen molar-refractivity contribution < 1.29 is 19.1 Å². The van der Waals surface area contributed by atoms with Crippen molar-refractivity contribution in [3.63, 3.8) is 0 Å². The van der Waals surface area contributed by atoms with Gasteiger partial charge >= 0.3 is 5.97 Å². The summed E-state index contributed by atoms with van der Waals surface area (Å²) in [4.78, 5) is 31.9. The fourth-order valence-corrected chi connectivity index (χ4v) is 5.03. The molecular formula is C29H31N3O4. The van der Waals surface area contributed by atoms with Crippen LogP contribution in [0.15, 0.2) is 65.3 Å². The first kappa shape index (κ1) is 23.9. The molecule has 7 nitrogen and oxygen atoms in total. The summed E-state index contributed by atoms with van der Waals surface area (Å²) in [6.07, 6.45) is 7.59. The van der Waals surface area contributed by atoms with Crippen LogP contribution >= 0.6 is 0 Å². The minimum absolute atomic E-state index is 0.000606. The van der Waals surface area contributed by atoms with Crippen molar-refractivity contribution in [3.8, 4) is 22.6 Å². The van der Waals surface area contributed by atoms with Gasteiger partial charge in [0.2, 0.25) is 11.8 Å². The van der Waals surface area contributed by atoms with E-state index < -0.39 is 5.97 Å². The second-order valence-corrected chi connectivity index (χ2v) is 10.1. The average Bonchev–Trinajstić information content (AvgIpc) is 3.49. The summed E-state index contributed by atoms with van der Waals surface area (Å²) >= 11 is 0. The maximum absolute atomic E-state index is 13.5. The monoisotopic (exact) mass is 485 g/mol. The average molecular weight is 486 g/mol. The second kappa shape index (κ2) is 9.64. The molecule has 1 saturated carbocycles. The van der Waals surface area contributed by atoms with E-state index in [9.17, 15) is 14.7 Å². The zero-order valence-corrected chi connectivity index (χ0v) is 20.8. The molecule has 0 atom stereocenters. The third-order valence-electron chi connectivity index (χ3n) is 7.11. The Morgan fingerprint density at radius 3 is 2.39 bits per heavy atom. The predicted octanol–water partition coefficient (Wildman–Crippen LogP) is 6.53. The Balaban J connectivity index is 1.46. The van der Waals surface area contributed by atoms with Gasteiger partial charge in [-0.15, -0.1) is 0 Å². The number of pyridine rings is 1. The quantitative estimate of drug-likeness (QED) is 0.336. The molecule has 186 valence electrons. The molecule has 7 heteroatoms. The number of hydrogen-bond donors (Lipinski definition) is 1. The Labute approximate surface area is 210 Å². The molecule has 0 saturated heterocycles. The summed E-state index contributed by atoms with van der Waals surface area (Å²) in [6, 6.07) is 14.8. The Morgan fingerprint density at radius 2 is 1.75 bits per heavy atom. The van der Waals surface area contributed by atoms with Gasteiger partial charge in [0.1, 0.15) is 17.0 Å². The summed E-state index contributed by atoms with van der Waals surface area (Å²) in [6.45, 7) is 5.99. The summed E-state index contributed by atoms with van der Waals surface area (Å²) in [5.41, 5.74) is 3.39.